The van der Waals surface area contributed by atoms with Gasteiger partial charge in [0.15, 0.2) is 5.54 Å². The smallest absolute Gasteiger partial charge is 0.332 e. The molecule has 2 N–H and O–H groups in total. The van der Waals surface area contributed by atoms with Crippen LogP contribution < -0.4 is 10.2 Å². The second-order valence-electron chi connectivity index (χ2n) is 8.93. The van der Waals surface area contributed by atoms with E-state index in [1.54, 1.807) is 36.1 Å². The maximum absolute atomic E-state index is 13.7. The fourth-order valence-electron chi connectivity index (χ4n) is 5.12. The van der Waals surface area contributed by atoms with E-state index >= 15 is 0 Å². The first-order valence-electron chi connectivity index (χ1n) is 11.3. The van der Waals surface area contributed by atoms with E-state index in [1.165, 1.54) is 29.2 Å². The number of para-hydroxylation sites is 1. The van der Waals surface area contributed by atoms with Crippen LogP contribution >= 0.6 is 0 Å². The highest BCUT2D eigenvalue weighted by Gasteiger charge is 2.58. The number of nitrogens with zero attached hydrogens (tertiary/aromatic N) is 2. The normalized spacial score (nSPS) is 19.1. The van der Waals surface area contributed by atoms with E-state index in [2.05, 4.69) is 10.3 Å². The summed E-state index contributed by atoms with van der Waals surface area (Å²) < 4.78 is 13.1. The molecule has 1 unspecified atom stereocenters. The number of fused-ring (bicyclic) bond motifs is 5. The van der Waals surface area contributed by atoms with Crippen molar-refractivity contribution in [2.75, 3.05) is 16.8 Å². The van der Waals surface area contributed by atoms with Gasteiger partial charge in [-0.05, 0) is 73.5 Å². The Morgan fingerprint density at radius 1 is 1.00 bits per heavy atom. The van der Waals surface area contributed by atoms with Gasteiger partial charge in [-0.3, -0.25) is 9.59 Å². The number of hydrogen-bond donors (Lipinski definition) is 2. The number of benzene rings is 3. The van der Waals surface area contributed by atoms with Gasteiger partial charge in [-0.2, -0.15) is 0 Å². The molecule has 3 aromatic carbocycles. The summed E-state index contributed by atoms with van der Waals surface area (Å²) in [7, 11) is 0. The Labute approximate surface area is 200 Å². The summed E-state index contributed by atoms with van der Waals surface area (Å²) in [4.78, 5) is 45.9. The minimum Gasteiger partial charge on any atom is -0.356 e. The topological polar surface area (TPSA) is 85.5 Å². The first-order valence-corrected chi connectivity index (χ1v) is 11.3. The van der Waals surface area contributed by atoms with Gasteiger partial charge in [0.2, 0.25) is 0 Å². The van der Waals surface area contributed by atoms with E-state index in [0.717, 1.165) is 22.2 Å². The second kappa shape index (κ2) is 7.53. The van der Waals surface area contributed by atoms with Crippen LogP contribution in [0.4, 0.5) is 20.6 Å². The van der Waals surface area contributed by atoms with Gasteiger partial charge in [0.25, 0.3) is 11.8 Å². The van der Waals surface area contributed by atoms with Gasteiger partial charge < -0.3 is 15.2 Å². The molecule has 1 fully saturated rings. The molecule has 1 saturated heterocycles. The molecule has 2 aliphatic rings. The SMILES string of the molecule is CC12C(=O)N(c3ccc(C(=O)Nc4ccc(F)cc4)cc3)C(=O)N1CCc1c2[nH]c2ccccc12. The van der Waals surface area contributed by atoms with Gasteiger partial charge >= 0.3 is 6.03 Å². The maximum atomic E-state index is 13.7. The molecule has 2 aliphatic heterocycles. The van der Waals surface area contributed by atoms with Gasteiger partial charge in [-0.25, -0.2) is 14.1 Å². The summed E-state index contributed by atoms with van der Waals surface area (Å²) >= 11 is 0. The number of halogens is 1. The Morgan fingerprint density at radius 2 is 1.71 bits per heavy atom. The van der Waals surface area contributed by atoms with Crippen LogP contribution in [-0.2, 0) is 16.8 Å². The Balaban J connectivity index is 1.30. The number of carbonyl (C=O) groups excluding carboxylic acids is 3. The Hall–Kier alpha value is -4.46. The molecule has 4 amide bonds. The van der Waals surface area contributed by atoms with Gasteiger partial charge in [-0.15, -0.1) is 0 Å². The van der Waals surface area contributed by atoms with E-state index in [1.807, 2.05) is 24.3 Å². The third kappa shape index (κ3) is 3.06. The van der Waals surface area contributed by atoms with Gasteiger partial charge in [0.1, 0.15) is 5.82 Å². The van der Waals surface area contributed by atoms with E-state index < -0.39 is 11.4 Å². The van der Waals surface area contributed by atoms with Crippen molar-refractivity contribution < 1.29 is 18.8 Å². The van der Waals surface area contributed by atoms with E-state index in [4.69, 9.17) is 0 Å². The number of H-pyrrole nitrogens is 1. The van der Waals surface area contributed by atoms with Crippen molar-refractivity contribution in [3.63, 3.8) is 0 Å². The molecule has 6 rings (SSSR count). The largest absolute Gasteiger partial charge is 0.356 e. The number of carbonyl (C=O) groups is 3. The molecule has 0 aliphatic carbocycles. The molecule has 0 radical (unpaired) electrons. The average molecular weight is 468 g/mol. The van der Waals surface area contributed by atoms with Crippen LogP contribution in [0.3, 0.4) is 0 Å². The lowest BCUT2D eigenvalue weighted by molar-refractivity contribution is -0.125. The Bertz CT molecular complexity index is 1510. The second-order valence-corrected chi connectivity index (χ2v) is 8.93. The van der Waals surface area contributed by atoms with Crippen LogP contribution in [0, 0.1) is 5.82 Å². The van der Waals surface area contributed by atoms with E-state index in [9.17, 15) is 18.8 Å². The van der Waals surface area contributed by atoms with Crippen LogP contribution in [0.15, 0.2) is 72.8 Å². The summed E-state index contributed by atoms with van der Waals surface area (Å²) in [6, 6.07) is 19.3. The quantitative estimate of drug-likeness (QED) is 0.424. The van der Waals surface area contributed by atoms with Crippen molar-refractivity contribution in [1.29, 1.82) is 0 Å². The summed E-state index contributed by atoms with van der Waals surface area (Å²) in [5.41, 5.74) is 2.82. The van der Waals surface area contributed by atoms with Gasteiger partial charge in [-0.1, -0.05) is 18.2 Å². The summed E-state index contributed by atoms with van der Waals surface area (Å²) in [5.74, 6) is -1.11. The molecule has 1 atom stereocenters. The Kier molecular flexibility index (Phi) is 4.54. The maximum Gasteiger partial charge on any atom is 0.332 e. The van der Waals surface area contributed by atoms with Crippen molar-refractivity contribution in [3.8, 4) is 0 Å². The zero-order chi connectivity index (χ0) is 24.3. The standard InChI is InChI=1S/C27H21FN4O3/c1-27-23-21(20-4-2-3-5-22(20)30-23)14-15-31(27)26(35)32(25(27)34)19-12-6-16(7-13-19)24(33)29-18-10-8-17(28)9-11-18/h2-13,30H,14-15H2,1H3,(H,29,33). The summed E-state index contributed by atoms with van der Waals surface area (Å²) in [6.07, 6.45) is 0.657. The molecule has 7 nitrogen and oxygen atoms in total. The lowest BCUT2D eigenvalue weighted by Crippen LogP contribution is -2.49. The van der Waals surface area contributed by atoms with Crippen molar-refractivity contribution in [2.45, 2.75) is 18.9 Å². The van der Waals surface area contributed by atoms with Crippen molar-refractivity contribution in [2.24, 2.45) is 0 Å². The third-order valence-corrected chi connectivity index (χ3v) is 6.96. The first kappa shape index (κ1) is 21.1. The minimum atomic E-state index is -1.14. The van der Waals surface area contributed by atoms with Gasteiger partial charge in [0.05, 0.1) is 11.4 Å². The van der Waals surface area contributed by atoms with Crippen molar-refractivity contribution in [3.05, 3.63) is 95.4 Å². The molecule has 4 aromatic rings. The number of rotatable bonds is 3. The summed E-state index contributed by atoms with van der Waals surface area (Å²) in [6.45, 7) is 2.22. The van der Waals surface area contributed by atoms with Crippen LogP contribution in [0.1, 0.15) is 28.5 Å². The van der Waals surface area contributed by atoms with E-state index in [-0.39, 0.29) is 17.8 Å². The fraction of sp³-hybridized carbons (Fsp3) is 0.148. The fourth-order valence-corrected chi connectivity index (χ4v) is 5.12. The average Bonchev–Trinajstić information content (AvgIpc) is 3.34. The first-order chi connectivity index (χ1) is 16.9. The molecule has 0 saturated carbocycles. The zero-order valence-electron chi connectivity index (χ0n) is 18.8. The van der Waals surface area contributed by atoms with Crippen LogP contribution in [0.5, 0.6) is 0 Å². The monoisotopic (exact) mass is 468 g/mol. The molecule has 8 heteroatoms. The molecular weight excluding hydrogens is 447 g/mol. The third-order valence-electron chi connectivity index (χ3n) is 6.96. The van der Waals surface area contributed by atoms with Crippen LogP contribution in [0.2, 0.25) is 0 Å². The number of imide groups is 1. The predicted octanol–water partition coefficient (Wildman–Crippen LogP) is 4.80. The molecule has 35 heavy (non-hydrogen) atoms. The van der Waals surface area contributed by atoms with Crippen LogP contribution in [0.25, 0.3) is 10.9 Å². The molecule has 0 spiro atoms. The van der Waals surface area contributed by atoms with Gasteiger partial charge in [0, 0.05) is 28.7 Å². The number of amides is 4. The highest BCUT2D eigenvalue weighted by molar-refractivity contribution is 6.23. The number of hydrogen-bond acceptors (Lipinski definition) is 3. The predicted molar refractivity (Wildman–Crippen MR) is 130 cm³/mol. The highest BCUT2D eigenvalue weighted by Crippen LogP contribution is 2.45. The van der Waals surface area contributed by atoms with Crippen LogP contribution in [-0.4, -0.2) is 34.3 Å². The lowest BCUT2D eigenvalue weighted by atomic mass is 9.87. The lowest BCUT2D eigenvalue weighted by Gasteiger charge is -2.35. The summed E-state index contributed by atoms with van der Waals surface area (Å²) in [5, 5.41) is 3.77. The number of anilines is 2. The minimum absolute atomic E-state index is 0.335. The molecule has 3 heterocycles. The van der Waals surface area contributed by atoms with Crippen molar-refractivity contribution >= 4 is 40.1 Å². The number of aromatic nitrogens is 1. The molecule has 174 valence electrons. The Morgan fingerprint density at radius 3 is 2.46 bits per heavy atom. The van der Waals surface area contributed by atoms with E-state index in [0.29, 0.717) is 29.9 Å². The number of aromatic amines is 1. The molecule has 0 bridgehead atoms. The number of nitrogens with one attached hydrogen (secondary N) is 2. The number of urea groups is 1. The highest BCUT2D eigenvalue weighted by atomic mass is 19.1. The zero-order valence-corrected chi connectivity index (χ0v) is 18.8. The molecular formula is C27H21FN4O3. The van der Waals surface area contributed by atoms with Crippen molar-refractivity contribution in [1.82, 2.24) is 9.88 Å². The molecule has 1 aromatic heterocycles.